The lowest BCUT2D eigenvalue weighted by atomic mass is 9.83. The van der Waals surface area contributed by atoms with E-state index in [4.69, 9.17) is 34.7 Å². The SMILES string of the molecule is NC(N)=NC(=O)C1=CC2CCN3CC(=O)C=C(Cl)C(Cl)C(=C1)C23. The number of carbonyl (C=O) groups is 2. The average Bonchev–Trinajstić information content (AvgIpc) is 2.86. The zero-order chi connectivity index (χ0) is 16.7. The van der Waals surface area contributed by atoms with Crippen LogP contribution < -0.4 is 11.5 Å². The zero-order valence-corrected chi connectivity index (χ0v) is 13.7. The number of nitrogens with zero attached hydrogens (tertiary/aromatic N) is 2. The van der Waals surface area contributed by atoms with Crippen LogP contribution >= 0.6 is 23.2 Å². The summed E-state index contributed by atoms with van der Waals surface area (Å²) in [6, 6.07) is -0.0281. The molecule has 1 saturated heterocycles. The molecule has 3 atom stereocenters. The number of hydrogen-bond donors (Lipinski definition) is 2. The van der Waals surface area contributed by atoms with Gasteiger partial charge in [-0.15, -0.1) is 11.6 Å². The Balaban J connectivity index is 2.04. The Bertz CT molecular complexity index is 692. The number of guanidine groups is 1. The number of allylic oxidation sites excluding steroid dienone is 1. The van der Waals surface area contributed by atoms with Crippen LogP contribution in [0.15, 0.2) is 39.4 Å². The minimum absolute atomic E-state index is 0.0281. The smallest absolute Gasteiger partial charge is 0.279 e. The van der Waals surface area contributed by atoms with Gasteiger partial charge in [0.1, 0.15) is 0 Å². The summed E-state index contributed by atoms with van der Waals surface area (Å²) < 4.78 is 0. The van der Waals surface area contributed by atoms with Gasteiger partial charge in [-0.2, -0.15) is 4.99 Å². The van der Waals surface area contributed by atoms with E-state index in [1.54, 1.807) is 6.08 Å². The van der Waals surface area contributed by atoms with Crippen molar-refractivity contribution in [1.29, 1.82) is 0 Å². The molecule has 8 heteroatoms. The van der Waals surface area contributed by atoms with Gasteiger partial charge < -0.3 is 11.5 Å². The van der Waals surface area contributed by atoms with Gasteiger partial charge in [0.15, 0.2) is 11.7 Å². The predicted molar refractivity (Wildman–Crippen MR) is 89.0 cm³/mol. The van der Waals surface area contributed by atoms with Gasteiger partial charge in [0.25, 0.3) is 5.91 Å². The number of halogens is 2. The third-order valence-corrected chi connectivity index (χ3v) is 5.20. The van der Waals surface area contributed by atoms with Gasteiger partial charge in [0, 0.05) is 16.6 Å². The van der Waals surface area contributed by atoms with E-state index in [2.05, 4.69) is 9.89 Å². The first-order valence-corrected chi connectivity index (χ1v) is 8.03. The summed E-state index contributed by atoms with van der Waals surface area (Å²) in [6.07, 6.45) is 5.74. The summed E-state index contributed by atoms with van der Waals surface area (Å²) in [5, 5.41) is -0.381. The fourth-order valence-corrected chi connectivity index (χ4v) is 3.91. The Hall–Kier alpha value is -1.63. The molecule has 2 heterocycles. The van der Waals surface area contributed by atoms with E-state index in [-0.39, 0.29) is 28.7 Å². The number of aliphatic imine (C=N–C) groups is 1. The molecule has 2 aliphatic heterocycles. The number of carbonyl (C=O) groups excluding carboxylic acids is 2. The minimum atomic E-state index is -0.648. The summed E-state index contributed by atoms with van der Waals surface area (Å²) >= 11 is 12.6. The Morgan fingerprint density at radius 3 is 2.78 bits per heavy atom. The van der Waals surface area contributed by atoms with Gasteiger partial charge in [0.2, 0.25) is 0 Å². The van der Waals surface area contributed by atoms with Crippen LogP contribution in [0.1, 0.15) is 6.42 Å². The molecule has 3 unspecified atom stereocenters. The Morgan fingerprint density at radius 2 is 2.09 bits per heavy atom. The highest BCUT2D eigenvalue weighted by molar-refractivity contribution is 6.39. The van der Waals surface area contributed by atoms with Gasteiger partial charge in [0.05, 0.1) is 11.9 Å². The molecule has 3 rings (SSSR count). The van der Waals surface area contributed by atoms with Crippen molar-refractivity contribution in [2.75, 3.05) is 13.1 Å². The molecule has 0 aromatic carbocycles. The molecule has 0 aromatic rings. The van der Waals surface area contributed by atoms with Crippen LogP contribution in [-0.4, -0.2) is 47.1 Å². The minimum Gasteiger partial charge on any atom is -0.370 e. The molecular weight excluding hydrogens is 339 g/mol. The van der Waals surface area contributed by atoms with Crippen LogP contribution in [0, 0.1) is 5.92 Å². The molecule has 0 aromatic heterocycles. The molecule has 3 aliphatic rings. The third kappa shape index (κ3) is 3.06. The van der Waals surface area contributed by atoms with Crippen molar-refractivity contribution in [3.63, 3.8) is 0 Å². The molecule has 0 bridgehead atoms. The molecular formula is C15H16Cl2N4O2. The van der Waals surface area contributed by atoms with Crippen LogP contribution in [-0.2, 0) is 9.59 Å². The maximum atomic E-state index is 12.1. The average molecular weight is 355 g/mol. The van der Waals surface area contributed by atoms with Crippen LogP contribution in [0.3, 0.4) is 0 Å². The summed E-state index contributed by atoms with van der Waals surface area (Å²) in [7, 11) is 0. The topological polar surface area (TPSA) is 102 Å². The molecule has 0 saturated carbocycles. The zero-order valence-electron chi connectivity index (χ0n) is 12.2. The van der Waals surface area contributed by atoms with Crippen LogP contribution in [0.5, 0.6) is 0 Å². The van der Waals surface area contributed by atoms with Gasteiger partial charge in [-0.25, -0.2) is 0 Å². The lowest BCUT2D eigenvalue weighted by Crippen LogP contribution is -2.42. The van der Waals surface area contributed by atoms with E-state index in [0.717, 1.165) is 18.5 Å². The van der Waals surface area contributed by atoms with E-state index in [1.165, 1.54) is 6.08 Å². The lowest BCUT2D eigenvalue weighted by molar-refractivity contribution is -0.116. The maximum Gasteiger partial charge on any atom is 0.279 e. The van der Waals surface area contributed by atoms with E-state index in [9.17, 15) is 9.59 Å². The van der Waals surface area contributed by atoms with Gasteiger partial charge >= 0.3 is 0 Å². The number of amides is 1. The third-order valence-electron chi connectivity index (χ3n) is 4.28. The highest BCUT2D eigenvalue weighted by Crippen LogP contribution is 2.41. The summed E-state index contributed by atoms with van der Waals surface area (Å²) in [5.41, 5.74) is 11.8. The maximum absolute atomic E-state index is 12.1. The molecule has 1 aliphatic carbocycles. The molecule has 0 radical (unpaired) electrons. The number of nitrogens with two attached hydrogens (primary N) is 2. The van der Waals surface area contributed by atoms with E-state index >= 15 is 0 Å². The standard InChI is InChI=1S/C15H16Cl2N4O2/c16-11-5-9(22)6-21-2-1-7-3-8(14(23)20-15(18)19)4-10(12(11)17)13(7)21/h3-5,7,12-13H,1-2,6H2,(H4,18,19,20,23). The quantitative estimate of drug-likeness (QED) is 0.409. The van der Waals surface area contributed by atoms with Crippen molar-refractivity contribution in [3.05, 3.63) is 34.4 Å². The number of alkyl halides is 1. The molecule has 1 fully saturated rings. The number of ketones is 1. The summed E-state index contributed by atoms with van der Waals surface area (Å²) in [6.45, 7) is 1.05. The largest absolute Gasteiger partial charge is 0.370 e. The van der Waals surface area contributed by atoms with Crippen molar-refractivity contribution < 1.29 is 9.59 Å². The first kappa shape index (κ1) is 16.2. The van der Waals surface area contributed by atoms with Crippen molar-refractivity contribution in [3.8, 4) is 0 Å². The number of hydrogen-bond acceptors (Lipinski definition) is 3. The van der Waals surface area contributed by atoms with Gasteiger partial charge in [-0.05, 0) is 36.6 Å². The van der Waals surface area contributed by atoms with Crippen molar-refractivity contribution in [1.82, 2.24) is 4.90 Å². The van der Waals surface area contributed by atoms with E-state index < -0.39 is 11.3 Å². The fourth-order valence-electron chi connectivity index (χ4n) is 3.41. The van der Waals surface area contributed by atoms with Crippen molar-refractivity contribution >= 4 is 40.9 Å². The Kier molecular flexibility index (Phi) is 4.31. The second-order valence-corrected chi connectivity index (χ2v) is 6.71. The first-order valence-electron chi connectivity index (χ1n) is 7.22. The van der Waals surface area contributed by atoms with Gasteiger partial charge in [-0.3, -0.25) is 14.5 Å². The fraction of sp³-hybridized carbons (Fsp3) is 0.400. The van der Waals surface area contributed by atoms with Crippen LogP contribution in [0.2, 0.25) is 0 Å². The molecule has 0 spiro atoms. The second-order valence-electron chi connectivity index (χ2n) is 5.83. The highest BCUT2D eigenvalue weighted by atomic mass is 35.5. The van der Waals surface area contributed by atoms with Crippen molar-refractivity contribution in [2.24, 2.45) is 22.4 Å². The molecule has 23 heavy (non-hydrogen) atoms. The monoisotopic (exact) mass is 354 g/mol. The predicted octanol–water partition coefficient (Wildman–Crippen LogP) is 0.656. The van der Waals surface area contributed by atoms with E-state index in [1.807, 2.05) is 6.08 Å². The Morgan fingerprint density at radius 1 is 1.35 bits per heavy atom. The van der Waals surface area contributed by atoms with Crippen LogP contribution in [0.4, 0.5) is 0 Å². The molecule has 6 nitrogen and oxygen atoms in total. The van der Waals surface area contributed by atoms with Crippen molar-refractivity contribution in [2.45, 2.75) is 17.8 Å². The van der Waals surface area contributed by atoms with E-state index in [0.29, 0.717) is 12.1 Å². The molecule has 122 valence electrons. The molecule has 4 N–H and O–H groups in total. The normalized spacial score (nSPS) is 30.4. The molecule has 1 amide bonds. The number of rotatable bonds is 1. The summed E-state index contributed by atoms with van der Waals surface area (Å²) in [5.74, 6) is -0.768. The van der Waals surface area contributed by atoms with Gasteiger partial charge in [-0.1, -0.05) is 17.7 Å². The highest BCUT2D eigenvalue weighted by Gasteiger charge is 2.42. The Labute approximate surface area is 143 Å². The first-order chi connectivity index (χ1) is 10.9. The second kappa shape index (κ2) is 6.11. The summed E-state index contributed by atoms with van der Waals surface area (Å²) in [4.78, 5) is 29.7. The lowest BCUT2D eigenvalue weighted by Gasteiger charge is -2.35. The van der Waals surface area contributed by atoms with Crippen LogP contribution in [0.25, 0.3) is 0 Å².